The van der Waals surface area contributed by atoms with Gasteiger partial charge in [-0.3, -0.25) is 9.48 Å². The molecule has 2 rings (SSSR count). The Morgan fingerprint density at radius 3 is 2.86 bits per heavy atom. The Morgan fingerprint density at radius 1 is 1.45 bits per heavy atom. The summed E-state index contributed by atoms with van der Waals surface area (Å²) in [5.41, 5.74) is 0.752. The summed E-state index contributed by atoms with van der Waals surface area (Å²) >= 11 is 5.90. The summed E-state index contributed by atoms with van der Waals surface area (Å²) in [5, 5.41) is 20.3. The first-order valence-corrected chi connectivity index (χ1v) is 7.06. The Bertz CT molecular complexity index is 660. The molecule has 0 aliphatic rings. The van der Waals surface area contributed by atoms with Gasteiger partial charge in [-0.1, -0.05) is 11.6 Å². The molecule has 0 atom stereocenters. The number of aromatic carboxylic acids is 1. The zero-order valence-electron chi connectivity index (χ0n) is 12.0. The first-order chi connectivity index (χ1) is 10.5. The van der Waals surface area contributed by atoms with Gasteiger partial charge in [0.2, 0.25) is 5.91 Å². The number of carboxylic acid groups (broad SMARTS) is 1. The largest absolute Gasteiger partial charge is 0.477 e. The average Bonchev–Trinajstić information content (AvgIpc) is 3.02. The highest BCUT2D eigenvalue weighted by molar-refractivity contribution is 6.31. The maximum atomic E-state index is 11.7. The highest BCUT2D eigenvalue weighted by Crippen LogP contribution is 2.11. The molecule has 0 spiro atoms. The van der Waals surface area contributed by atoms with Crippen LogP contribution in [0.4, 0.5) is 0 Å². The molecule has 0 unspecified atom stereocenters. The van der Waals surface area contributed by atoms with E-state index < -0.39 is 5.97 Å². The van der Waals surface area contributed by atoms with E-state index in [1.165, 1.54) is 12.3 Å². The van der Waals surface area contributed by atoms with E-state index in [1.807, 2.05) is 6.92 Å². The van der Waals surface area contributed by atoms with Crippen molar-refractivity contribution >= 4 is 23.5 Å². The van der Waals surface area contributed by atoms with Crippen LogP contribution in [0.25, 0.3) is 0 Å². The normalized spacial score (nSPS) is 10.6. The number of amides is 1. The van der Waals surface area contributed by atoms with Crippen molar-refractivity contribution < 1.29 is 14.7 Å². The second kappa shape index (κ2) is 7.08. The Hall–Kier alpha value is -2.35. The monoisotopic (exact) mass is 325 g/mol. The number of aryl methyl sites for hydroxylation is 2. The molecule has 0 saturated carbocycles. The van der Waals surface area contributed by atoms with Crippen LogP contribution in [-0.4, -0.2) is 43.1 Å². The van der Waals surface area contributed by atoms with E-state index in [0.717, 1.165) is 10.4 Å². The van der Waals surface area contributed by atoms with Gasteiger partial charge in [-0.05, 0) is 19.4 Å². The summed E-state index contributed by atoms with van der Waals surface area (Å²) in [5.74, 6) is -1.41. The molecule has 22 heavy (non-hydrogen) atoms. The van der Waals surface area contributed by atoms with Crippen LogP contribution in [0.5, 0.6) is 0 Å². The lowest BCUT2D eigenvalue weighted by molar-refractivity contribution is -0.121. The van der Waals surface area contributed by atoms with Gasteiger partial charge in [0.05, 0.1) is 10.7 Å². The van der Waals surface area contributed by atoms with E-state index in [9.17, 15) is 9.59 Å². The molecule has 0 aliphatic heterocycles. The number of halogens is 1. The van der Waals surface area contributed by atoms with Crippen LogP contribution in [0.2, 0.25) is 5.02 Å². The number of rotatable bonds is 7. The van der Waals surface area contributed by atoms with Gasteiger partial charge < -0.3 is 10.4 Å². The van der Waals surface area contributed by atoms with Crippen molar-refractivity contribution in [1.29, 1.82) is 0 Å². The number of aromatic nitrogens is 4. The van der Waals surface area contributed by atoms with Crippen molar-refractivity contribution in [3.8, 4) is 0 Å². The lowest BCUT2D eigenvalue weighted by Crippen LogP contribution is -2.30. The molecule has 2 aromatic rings. The highest BCUT2D eigenvalue weighted by Gasteiger charge is 2.12. The fourth-order valence-corrected chi connectivity index (χ4v) is 2.06. The van der Waals surface area contributed by atoms with Crippen LogP contribution in [0, 0.1) is 6.92 Å². The van der Waals surface area contributed by atoms with E-state index in [0.29, 0.717) is 24.5 Å². The van der Waals surface area contributed by atoms with Gasteiger partial charge in [-0.15, -0.1) is 0 Å². The van der Waals surface area contributed by atoms with Gasteiger partial charge in [0, 0.05) is 25.5 Å². The van der Waals surface area contributed by atoms with Crippen molar-refractivity contribution in [2.45, 2.75) is 26.4 Å². The van der Waals surface area contributed by atoms with E-state index in [2.05, 4.69) is 15.5 Å². The molecule has 0 saturated heterocycles. The zero-order chi connectivity index (χ0) is 16.1. The lowest BCUT2D eigenvalue weighted by atomic mass is 10.4. The van der Waals surface area contributed by atoms with Crippen LogP contribution < -0.4 is 5.32 Å². The van der Waals surface area contributed by atoms with Crippen LogP contribution >= 0.6 is 11.6 Å². The summed E-state index contributed by atoms with van der Waals surface area (Å²) in [6, 6.07) is 1.35. The fourth-order valence-electron chi connectivity index (χ4n) is 1.91. The Kier molecular flexibility index (Phi) is 5.16. The van der Waals surface area contributed by atoms with Crippen molar-refractivity contribution in [1.82, 2.24) is 24.9 Å². The number of carboxylic acids is 1. The fraction of sp³-hybridized carbons (Fsp3) is 0.385. The summed E-state index contributed by atoms with van der Waals surface area (Å²) in [4.78, 5) is 22.6. The molecule has 2 aromatic heterocycles. The summed E-state index contributed by atoms with van der Waals surface area (Å²) < 4.78 is 2.87. The van der Waals surface area contributed by atoms with Crippen molar-refractivity contribution in [2.75, 3.05) is 6.54 Å². The molecule has 8 nitrogen and oxygen atoms in total. The number of carbonyl (C=O) groups is 2. The second-order valence-corrected chi connectivity index (χ2v) is 5.12. The number of nitrogens with one attached hydrogen (secondary N) is 1. The van der Waals surface area contributed by atoms with E-state index in [1.54, 1.807) is 10.9 Å². The van der Waals surface area contributed by atoms with Crippen LogP contribution in [-0.2, 0) is 17.9 Å². The van der Waals surface area contributed by atoms with E-state index in [4.69, 9.17) is 16.7 Å². The van der Waals surface area contributed by atoms with Crippen LogP contribution in [0.1, 0.15) is 22.6 Å². The molecule has 0 aromatic carbocycles. The van der Waals surface area contributed by atoms with Gasteiger partial charge in [0.25, 0.3) is 0 Å². The molecule has 2 heterocycles. The predicted molar refractivity (Wildman–Crippen MR) is 78.8 cm³/mol. The van der Waals surface area contributed by atoms with Gasteiger partial charge in [-0.25, -0.2) is 9.48 Å². The smallest absolute Gasteiger partial charge is 0.354 e. The number of hydrogen-bond acceptors (Lipinski definition) is 4. The molecule has 9 heteroatoms. The number of nitrogens with zero attached hydrogens (tertiary/aromatic N) is 4. The molecule has 118 valence electrons. The van der Waals surface area contributed by atoms with Gasteiger partial charge >= 0.3 is 5.97 Å². The van der Waals surface area contributed by atoms with Crippen LogP contribution in [0.3, 0.4) is 0 Å². The SMILES string of the molecule is Cc1nn(CCCNC(=O)Cn2nccc2C(=O)O)cc1Cl. The van der Waals surface area contributed by atoms with Gasteiger partial charge in [-0.2, -0.15) is 10.2 Å². The van der Waals surface area contributed by atoms with Gasteiger partial charge in [0.1, 0.15) is 12.2 Å². The first kappa shape index (κ1) is 16.0. The Morgan fingerprint density at radius 2 is 2.23 bits per heavy atom. The van der Waals surface area contributed by atoms with E-state index in [-0.39, 0.29) is 18.1 Å². The molecule has 0 fully saturated rings. The topological polar surface area (TPSA) is 102 Å². The number of carbonyl (C=O) groups excluding carboxylic acids is 1. The predicted octanol–water partition coefficient (Wildman–Crippen LogP) is 0.946. The molecule has 0 radical (unpaired) electrons. The third kappa shape index (κ3) is 4.08. The quantitative estimate of drug-likeness (QED) is 0.738. The van der Waals surface area contributed by atoms with Crippen molar-refractivity contribution in [3.05, 3.63) is 34.9 Å². The minimum absolute atomic E-state index is 0.0168. The minimum Gasteiger partial charge on any atom is -0.477 e. The molecule has 1 amide bonds. The molecular formula is C13H16ClN5O3. The number of hydrogen-bond donors (Lipinski definition) is 2. The lowest BCUT2D eigenvalue weighted by Gasteiger charge is -2.07. The maximum absolute atomic E-state index is 11.7. The average molecular weight is 326 g/mol. The molecule has 0 aliphatic carbocycles. The summed E-state index contributed by atoms with van der Waals surface area (Å²) in [7, 11) is 0. The Labute approximate surface area is 131 Å². The van der Waals surface area contributed by atoms with Gasteiger partial charge in [0.15, 0.2) is 0 Å². The maximum Gasteiger partial charge on any atom is 0.354 e. The molecular weight excluding hydrogens is 310 g/mol. The zero-order valence-corrected chi connectivity index (χ0v) is 12.7. The standard InChI is InChI=1S/C13H16ClN5O3/c1-9-10(14)7-18(17-9)6-2-4-15-12(20)8-19-11(13(21)22)3-5-16-19/h3,5,7H,2,4,6,8H2,1H3,(H,15,20)(H,21,22). The third-order valence-corrected chi connectivity index (χ3v) is 3.37. The summed E-state index contributed by atoms with van der Waals surface area (Å²) in [6.07, 6.45) is 3.77. The molecule has 0 bridgehead atoms. The first-order valence-electron chi connectivity index (χ1n) is 6.68. The second-order valence-electron chi connectivity index (χ2n) is 4.71. The highest BCUT2D eigenvalue weighted by atomic mass is 35.5. The third-order valence-electron chi connectivity index (χ3n) is 3.00. The summed E-state index contributed by atoms with van der Waals surface area (Å²) in [6.45, 7) is 2.79. The Balaban J connectivity index is 1.74. The van der Waals surface area contributed by atoms with Crippen LogP contribution in [0.15, 0.2) is 18.5 Å². The minimum atomic E-state index is -1.11. The van der Waals surface area contributed by atoms with Crippen molar-refractivity contribution in [3.63, 3.8) is 0 Å². The molecule has 2 N–H and O–H groups in total. The van der Waals surface area contributed by atoms with E-state index >= 15 is 0 Å². The van der Waals surface area contributed by atoms with Crippen molar-refractivity contribution in [2.24, 2.45) is 0 Å².